The minimum absolute atomic E-state index is 0.0234. The van der Waals surface area contributed by atoms with Gasteiger partial charge in [-0.05, 0) is 61.2 Å². The van der Waals surface area contributed by atoms with Gasteiger partial charge >= 0.3 is 0 Å². The van der Waals surface area contributed by atoms with Gasteiger partial charge in [0.25, 0.3) is 0 Å². The summed E-state index contributed by atoms with van der Waals surface area (Å²) in [7, 11) is 0. The SMILES string of the molecule is O=C(CN1CCC(C(O)(c2ccccc2)c2ccccc2)CC1)Nc1ccc(F)c(Cl)c1. The number of nitrogens with zero attached hydrogens (tertiary/aromatic N) is 1. The average molecular weight is 453 g/mol. The van der Waals surface area contributed by atoms with Gasteiger partial charge in [0.15, 0.2) is 0 Å². The summed E-state index contributed by atoms with van der Waals surface area (Å²) in [4.78, 5) is 14.5. The Morgan fingerprint density at radius 2 is 1.56 bits per heavy atom. The molecule has 6 heteroatoms. The van der Waals surface area contributed by atoms with Crippen molar-refractivity contribution in [1.29, 1.82) is 0 Å². The van der Waals surface area contributed by atoms with Crippen LogP contribution in [0.1, 0.15) is 24.0 Å². The molecular weight excluding hydrogens is 427 g/mol. The summed E-state index contributed by atoms with van der Waals surface area (Å²) in [6, 6.07) is 23.7. The van der Waals surface area contributed by atoms with Crippen LogP contribution in [0.3, 0.4) is 0 Å². The van der Waals surface area contributed by atoms with E-state index in [1.165, 1.54) is 18.2 Å². The zero-order chi connectivity index (χ0) is 22.6. The quantitative estimate of drug-likeness (QED) is 0.549. The Morgan fingerprint density at radius 3 is 2.09 bits per heavy atom. The van der Waals surface area contributed by atoms with E-state index in [4.69, 9.17) is 11.6 Å². The van der Waals surface area contributed by atoms with E-state index in [9.17, 15) is 14.3 Å². The number of carbonyl (C=O) groups excluding carboxylic acids is 1. The van der Waals surface area contributed by atoms with Gasteiger partial charge < -0.3 is 10.4 Å². The van der Waals surface area contributed by atoms with E-state index in [-0.39, 0.29) is 23.4 Å². The monoisotopic (exact) mass is 452 g/mol. The second-order valence-corrected chi connectivity index (χ2v) is 8.63. The van der Waals surface area contributed by atoms with Gasteiger partial charge in [-0.15, -0.1) is 0 Å². The molecule has 0 spiro atoms. The first-order chi connectivity index (χ1) is 15.5. The topological polar surface area (TPSA) is 52.6 Å². The molecule has 4 rings (SSSR count). The van der Waals surface area contributed by atoms with Crippen molar-refractivity contribution in [3.8, 4) is 0 Å². The molecule has 0 aliphatic carbocycles. The summed E-state index contributed by atoms with van der Waals surface area (Å²) in [5.41, 5.74) is 1.16. The van der Waals surface area contributed by atoms with Crippen molar-refractivity contribution in [2.75, 3.05) is 25.0 Å². The molecule has 0 unspecified atom stereocenters. The second kappa shape index (κ2) is 9.82. The smallest absolute Gasteiger partial charge is 0.238 e. The van der Waals surface area contributed by atoms with Crippen molar-refractivity contribution < 1.29 is 14.3 Å². The summed E-state index contributed by atoms with van der Waals surface area (Å²) < 4.78 is 13.3. The molecule has 2 N–H and O–H groups in total. The number of likely N-dealkylation sites (tertiary alicyclic amines) is 1. The highest BCUT2D eigenvalue weighted by Gasteiger charge is 2.41. The van der Waals surface area contributed by atoms with Crippen molar-refractivity contribution in [2.45, 2.75) is 18.4 Å². The maximum absolute atomic E-state index is 13.3. The zero-order valence-electron chi connectivity index (χ0n) is 17.7. The highest BCUT2D eigenvalue weighted by molar-refractivity contribution is 6.31. The minimum Gasteiger partial charge on any atom is -0.380 e. The van der Waals surface area contributed by atoms with Crippen molar-refractivity contribution in [2.24, 2.45) is 5.92 Å². The number of benzene rings is 3. The second-order valence-electron chi connectivity index (χ2n) is 8.23. The number of halogens is 2. The Hall–Kier alpha value is -2.73. The van der Waals surface area contributed by atoms with Crippen LogP contribution in [0.5, 0.6) is 0 Å². The maximum Gasteiger partial charge on any atom is 0.238 e. The van der Waals surface area contributed by atoms with Gasteiger partial charge in [-0.3, -0.25) is 9.69 Å². The first-order valence-corrected chi connectivity index (χ1v) is 11.2. The Labute approximate surface area is 192 Å². The standard InChI is InChI=1S/C26H26ClFN2O2/c27-23-17-22(11-12-24(23)28)29-25(31)18-30-15-13-21(14-16-30)26(32,19-7-3-1-4-8-19)20-9-5-2-6-10-20/h1-12,17,21,32H,13-16,18H2,(H,29,31). The van der Waals surface area contributed by atoms with Crippen LogP contribution in [-0.4, -0.2) is 35.5 Å². The molecule has 1 fully saturated rings. The molecular formula is C26H26ClFN2O2. The average Bonchev–Trinajstić information content (AvgIpc) is 2.82. The summed E-state index contributed by atoms with van der Waals surface area (Å²) in [6.45, 7) is 1.63. The zero-order valence-corrected chi connectivity index (χ0v) is 18.4. The molecule has 1 heterocycles. The molecule has 0 aromatic heterocycles. The first kappa shape index (κ1) is 22.5. The molecule has 0 saturated carbocycles. The first-order valence-electron chi connectivity index (χ1n) is 10.8. The van der Waals surface area contributed by atoms with Crippen LogP contribution >= 0.6 is 11.6 Å². The van der Waals surface area contributed by atoms with Crippen molar-refractivity contribution >= 4 is 23.2 Å². The summed E-state index contributed by atoms with van der Waals surface area (Å²) >= 11 is 5.79. The number of aliphatic hydroxyl groups is 1. The lowest BCUT2D eigenvalue weighted by molar-refractivity contribution is -0.118. The van der Waals surface area contributed by atoms with E-state index in [1.54, 1.807) is 0 Å². The molecule has 32 heavy (non-hydrogen) atoms. The Morgan fingerprint density at radius 1 is 1.00 bits per heavy atom. The third kappa shape index (κ3) is 4.85. The fraction of sp³-hybridized carbons (Fsp3) is 0.269. The van der Waals surface area contributed by atoms with Gasteiger partial charge in [-0.25, -0.2) is 4.39 Å². The van der Waals surface area contributed by atoms with E-state index in [0.717, 1.165) is 24.0 Å². The number of piperidine rings is 1. The van der Waals surface area contributed by atoms with Crippen LogP contribution in [0, 0.1) is 11.7 Å². The highest BCUT2D eigenvalue weighted by Crippen LogP contribution is 2.41. The molecule has 166 valence electrons. The number of rotatable bonds is 6. The predicted molar refractivity (Wildman–Crippen MR) is 125 cm³/mol. The molecule has 0 bridgehead atoms. The number of anilines is 1. The van der Waals surface area contributed by atoms with Crippen LogP contribution in [0.15, 0.2) is 78.9 Å². The van der Waals surface area contributed by atoms with Crippen molar-refractivity contribution in [3.63, 3.8) is 0 Å². The lowest BCUT2D eigenvalue weighted by atomic mass is 9.72. The lowest BCUT2D eigenvalue weighted by Gasteiger charge is -2.42. The molecule has 3 aromatic rings. The normalized spacial score (nSPS) is 15.5. The van der Waals surface area contributed by atoms with Gasteiger partial charge in [0.05, 0.1) is 11.6 Å². The molecule has 1 aliphatic rings. The van der Waals surface area contributed by atoms with E-state index < -0.39 is 11.4 Å². The molecule has 1 amide bonds. The van der Waals surface area contributed by atoms with Crippen molar-refractivity contribution in [3.05, 3.63) is 101 Å². The predicted octanol–water partition coefficient (Wildman–Crippen LogP) is 5.07. The van der Waals surface area contributed by atoms with Crippen LogP contribution in [0.25, 0.3) is 0 Å². The molecule has 4 nitrogen and oxygen atoms in total. The Kier molecular flexibility index (Phi) is 6.89. The number of carbonyl (C=O) groups is 1. The maximum atomic E-state index is 13.3. The fourth-order valence-corrected chi connectivity index (χ4v) is 4.69. The van der Waals surface area contributed by atoms with Gasteiger partial charge in [0.1, 0.15) is 11.4 Å². The van der Waals surface area contributed by atoms with E-state index >= 15 is 0 Å². The van der Waals surface area contributed by atoms with Crippen molar-refractivity contribution in [1.82, 2.24) is 4.90 Å². The summed E-state index contributed by atoms with van der Waals surface area (Å²) in [6.07, 6.45) is 1.52. The van der Waals surface area contributed by atoms with Gasteiger partial charge in [-0.1, -0.05) is 72.3 Å². The molecule has 1 saturated heterocycles. The largest absolute Gasteiger partial charge is 0.380 e. The number of hydrogen-bond acceptors (Lipinski definition) is 3. The molecule has 3 aromatic carbocycles. The van der Waals surface area contributed by atoms with E-state index in [1.807, 2.05) is 60.7 Å². The Balaban J connectivity index is 1.42. The fourth-order valence-electron chi connectivity index (χ4n) is 4.51. The van der Waals surface area contributed by atoms with Crippen LogP contribution in [-0.2, 0) is 10.4 Å². The third-order valence-electron chi connectivity index (χ3n) is 6.18. The molecule has 0 radical (unpaired) electrons. The lowest BCUT2D eigenvalue weighted by Crippen LogP contribution is -2.46. The highest BCUT2D eigenvalue weighted by atomic mass is 35.5. The van der Waals surface area contributed by atoms with Gasteiger partial charge in [-0.2, -0.15) is 0 Å². The Bertz CT molecular complexity index is 1010. The van der Waals surface area contributed by atoms with E-state index in [2.05, 4.69) is 10.2 Å². The number of nitrogens with one attached hydrogen (secondary N) is 1. The summed E-state index contributed by atoms with van der Waals surface area (Å²) in [5.74, 6) is -0.661. The van der Waals surface area contributed by atoms with Crippen LogP contribution in [0.4, 0.5) is 10.1 Å². The minimum atomic E-state index is -1.08. The number of hydrogen-bond donors (Lipinski definition) is 2. The van der Waals surface area contributed by atoms with Gasteiger partial charge in [0, 0.05) is 5.69 Å². The van der Waals surface area contributed by atoms with Crippen LogP contribution in [0.2, 0.25) is 5.02 Å². The molecule has 1 aliphatic heterocycles. The van der Waals surface area contributed by atoms with Crippen LogP contribution < -0.4 is 5.32 Å². The van der Waals surface area contributed by atoms with Gasteiger partial charge in [0.2, 0.25) is 5.91 Å². The van der Waals surface area contributed by atoms with E-state index in [0.29, 0.717) is 18.8 Å². The third-order valence-corrected chi connectivity index (χ3v) is 6.47. The number of amides is 1. The summed E-state index contributed by atoms with van der Waals surface area (Å²) in [5, 5.41) is 14.7. The molecule has 0 atom stereocenters.